The topological polar surface area (TPSA) is 69.7 Å². The number of benzene rings is 2. The molecule has 1 heterocycles. The molecule has 0 bridgehead atoms. The van der Waals surface area contributed by atoms with Crippen molar-refractivity contribution < 1.29 is 27.6 Å². The van der Waals surface area contributed by atoms with Gasteiger partial charge in [-0.25, -0.2) is 0 Å². The van der Waals surface area contributed by atoms with E-state index in [1.807, 2.05) is 0 Å². The fourth-order valence-electron chi connectivity index (χ4n) is 3.29. The predicted octanol–water partition coefficient (Wildman–Crippen LogP) is 4.20. The van der Waals surface area contributed by atoms with E-state index < -0.39 is 30.1 Å². The van der Waals surface area contributed by atoms with Crippen LogP contribution in [0.1, 0.15) is 28.8 Å². The van der Waals surface area contributed by atoms with Crippen LogP contribution in [0.25, 0.3) is 0 Å². The largest absolute Gasteiger partial charge is 0.418 e. The first-order valence-electron chi connectivity index (χ1n) is 9.39. The Balaban J connectivity index is 1.71. The van der Waals surface area contributed by atoms with E-state index in [1.54, 1.807) is 0 Å². The van der Waals surface area contributed by atoms with Crippen LogP contribution in [-0.4, -0.2) is 42.8 Å². The van der Waals surface area contributed by atoms with Crippen molar-refractivity contribution in [2.75, 3.05) is 30.4 Å². The van der Waals surface area contributed by atoms with Crippen molar-refractivity contribution in [3.63, 3.8) is 0 Å². The number of hydrogen-bond acceptors (Lipinski definition) is 3. The standard InChI is InChI=1S/C21H19ClF3N3O3/c1-27(12-18(29)26-16-6-3-2-5-14(16)21(23,24)25)20(31)13-8-9-15(22)17(11-13)28-10-4-7-19(28)30/h2-3,5-6,8-9,11H,4,7,10,12H2,1H3,(H,26,29). The maximum Gasteiger partial charge on any atom is 0.418 e. The van der Waals surface area contributed by atoms with Gasteiger partial charge >= 0.3 is 6.18 Å². The molecule has 1 aliphatic rings. The highest BCUT2D eigenvalue weighted by Crippen LogP contribution is 2.34. The molecule has 0 aliphatic carbocycles. The van der Waals surface area contributed by atoms with Gasteiger partial charge in [0.2, 0.25) is 11.8 Å². The number of alkyl halides is 3. The van der Waals surface area contributed by atoms with Crippen LogP contribution < -0.4 is 10.2 Å². The molecule has 1 fully saturated rings. The SMILES string of the molecule is CN(CC(=O)Nc1ccccc1C(F)(F)F)C(=O)c1ccc(Cl)c(N2CCCC2=O)c1. The van der Waals surface area contributed by atoms with Crippen LogP contribution in [0, 0.1) is 0 Å². The van der Waals surface area contributed by atoms with Crippen molar-refractivity contribution in [1.29, 1.82) is 0 Å². The predicted molar refractivity (Wildman–Crippen MR) is 110 cm³/mol. The molecule has 0 spiro atoms. The second-order valence-corrected chi connectivity index (χ2v) is 7.48. The van der Waals surface area contributed by atoms with E-state index in [0.29, 0.717) is 30.1 Å². The molecular weight excluding hydrogens is 435 g/mol. The Bertz CT molecular complexity index is 1030. The van der Waals surface area contributed by atoms with Crippen molar-refractivity contribution in [3.8, 4) is 0 Å². The molecule has 3 amide bonds. The first-order valence-corrected chi connectivity index (χ1v) is 9.77. The molecule has 6 nitrogen and oxygen atoms in total. The van der Waals surface area contributed by atoms with Gasteiger partial charge in [0, 0.05) is 25.6 Å². The van der Waals surface area contributed by atoms with Gasteiger partial charge < -0.3 is 15.1 Å². The molecule has 0 radical (unpaired) electrons. The minimum Gasteiger partial charge on any atom is -0.332 e. The van der Waals surface area contributed by atoms with Gasteiger partial charge in [-0.1, -0.05) is 23.7 Å². The van der Waals surface area contributed by atoms with E-state index >= 15 is 0 Å². The van der Waals surface area contributed by atoms with Crippen LogP contribution >= 0.6 is 11.6 Å². The summed E-state index contributed by atoms with van der Waals surface area (Å²) in [6.45, 7) is 0.0265. The number of likely N-dealkylation sites (N-methyl/N-ethyl adjacent to an activating group) is 1. The molecule has 0 aromatic heterocycles. The average Bonchev–Trinajstić information content (AvgIpc) is 3.13. The fourth-order valence-corrected chi connectivity index (χ4v) is 3.51. The van der Waals surface area contributed by atoms with Crippen molar-refractivity contribution in [1.82, 2.24) is 4.90 Å². The van der Waals surface area contributed by atoms with Crippen LogP contribution in [0.5, 0.6) is 0 Å². The van der Waals surface area contributed by atoms with E-state index in [-0.39, 0.29) is 17.2 Å². The zero-order chi connectivity index (χ0) is 22.8. The quantitative estimate of drug-likeness (QED) is 0.737. The molecule has 164 valence electrons. The Morgan fingerprint density at radius 1 is 1.19 bits per heavy atom. The third-order valence-electron chi connectivity index (χ3n) is 4.79. The Labute approximate surface area is 181 Å². The zero-order valence-corrected chi connectivity index (χ0v) is 17.3. The summed E-state index contributed by atoms with van der Waals surface area (Å²) in [5.41, 5.74) is -0.755. The third-order valence-corrected chi connectivity index (χ3v) is 5.11. The first kappa shape index (κ1) is 22.6. The molecule has 0 unspecified atom stereocenters. The molecule has 3 rings (SSSR count). The molecule has 1 saturated heterocycles. The van der Waals surface area contributed by atoms with Crippen molar-refractivity contribution in [3.05, 3.63) is 58.6 Å². The van der Waals surface area contributed by atoms with Crippen molar-refractivity contribution in [2.24, 2.45) is 0 Å². The highest BCUT2D eigenvalue weighted by atomic mass is 35.5. The summed E-state index contributed by atoms with van der Waals surface area (Å²) >= 11 is 6.18. The fraction of sp³-hybridized carbons (Fsp3) is 0.286. The summed E-state index contributed by atoms with van der Waals surface area (Å²) in [6.07, 6.45) is -3.54. The summed E-state index contributed by atoms with van der Waals surface area (Å²) in [5, 5.41) is 2.51. The first-order chi connectivity index (χ1) is 14.6. The third kappa shape index (κ3) is 5.16. The molecular formula is C21H19ClF3N3O3. The second-order valence-electron chi connectivity index (χ2n) is 7.07. The van der Waals surface area contributed by atoms with Crippen molar-refractivity contribution >= 4 is 40.7 Å². The molecule has 31 heavy (non-hydrogen) atoms. The number of carbonyl (C=O) groups is 3. The van der Waals surface area contributed by atoms with Gasteiger partial charge in [-0.15, -0.1) is 0 Å². The summed E-state index contributed by atoms with van der Waals surface area (Å²) in [7, 11) is 1.35. The number of nitrogens with zero attached hydrogens (tertiary/aromatic N) is 2. The van der Waals surface area contributed by atoms with Crippen LogP contribution in [0.3, 0.4) is 0 Å². The number of halogens is 4. The zero-order valence-electron chi connectivity index (χ0n) is 16.5. The summed E-state index contributed by atoms with van der Waals surface area (Å²) in [6, 6.07) is 9.01. The minimum atomic E-state index is -4.63. The molecule has 1 N–H and O–H groups in total. The highest BCUT2D eigenvalue weighted by molar-refractivity contribution is 6.34. The number of anilines is 2. The molecule has 10 heteroatoms. The van der Waals surface area contributed by atoms with Gasteiger partial charge in [-0.3, -0.25) is 14.4 Å². The Morgan fingerprint density at radius 2 is 1.90 bits per heavy atom. The normalized spacial score (nSPS) is 14.0. The van der Waals surface area contributed by atoms with Gasteiger partial charge in [0.1, 0.15) is 0 Å². The average molecular weight is 454 g/mol. The van der Waals surface area contributed by atoms with Crippen LogP contribution in [0.4, 0.5) is 24.5 Å². The van der Waals surface area contributed by atoms with Gasteiger partial charge in [0.15, 0.2) is 0 Å². The number of rotatable bonds is 5. The van der Waals surface area contributed by atoms with E-state index in [9.17, 15) is 27.6 Å². The maximum atomic E-state index is 13.1. The van der Waals surface area contributed by atoms with Crippen LogP contribution in [0.15, 0.2) is 42.5 Å². The minimum absolute atomic E-state index is 0.0949. The number of nitrogens with one attached hydrogen (secondary N) is 1. The van der Waals surface area contributed by atoms with Gasteiger partial charge in [0.05, 0.1) is 28.5 Å². The summed E-state index contributed by atoms with van der Waals surface area (Å²) in [5.74, 6) is -1.41. The lowest BCUT2D eigenvalue weighted by Gasteiger charge is -2.21. The smallest absolute Gasteiger partial charge is 0.332 e. The highest BCUT2D eigenvalue weighted by Gasteiger charge is 2.33. The van der Waals surface area contributed by atoms with Gasteiger partial charge in [-0.2, -0.15) is 13.2 Å². The van der Waals surface area contributed by atoms with E-state index in [1.165, 1.54) is 42.3 Å². The Morgan fingerprint density at radius 3 is 2.55 bits per heavy atom. The van der Waals surface area contributed by atoms with Crippen LogP contribution in [0.2, 0.25) is 5.02 Å². The number of para-hydroxylation sites is 1. The molecule has 0 atom stereocenters. The van der Waals surface area contributed by atoms with Gasteiger partial charge in [0.25, 0.3) is 5.91 Å². The number of hydrogen-bond donors (Lipinski definition) is 1. The van der Waals surface area contributed by atoms with Gasteiger partial charge in [-0.05, 0) is 36.8 Å². The van der Waals surface area contributed by atoms with E-state index in [2.05, 4.69) is 5.32 Å². The number of amides is 3. The second kappa shape index (κ2) is 8.97. The lowest BCUT2D eigenvalue weighted by molar-refractivity contribution is -0.137. The summed E-state index contributed by atoms with van der Waals surface area (Å²) < 4.78 is 39.2. The Kier molecular flexibility index (Phi) is 6.54. The monoisotopic (exact) mass is 453 g/mol. The maximum absolute atomic E-state index is 13.1. The van der Waals surface area contributed by atoms with E-state index in [0.717, 1.165) is 17.0 Å². The molecule has 1 aliphatic heterocycles. The molecule has 2 aromatic rings. The van der Waals surface area contributed by atoms with Crippen LogP contribution in [-0.2, 0) is 15.8 Å². The summed E-state index contributed by atoms with van der Waals surface area (Å²) in [4.78, 5) is 39.6. The lowest BCUT2D eigenvalue weighted by atomic mass is 10.1. The number of carbonyl (C=O) groups excluding carboxylic acids is 3. The van der Waals surface area contributed by atoms with E-state index in [4.69, 9.17) is 11.6 Å². The molecule has 2 aromatic carbocycles. The molecule has 0 saturated carbocycles. The lowest BCUT2D eigenvalue weighted by Crippen LogP contribution is -2.35. The van der Waals surface area contributed by atoms with Crippen molar-refractivity contribution in [2.45, 2.75) is 19.0 Å². The Hall–Kier alpha value is -3.07.